The minimum absolute atomic E-state index is 0.177. The molecule has 0 saturated carbocycles. The van der Waals surface area contributed by atoms with Crippen LogP contribution in [0.2, 0.25) is 0 Å². The van der Waals surface area contributed by atoms with E-state index in [0.717, 1.165) is 0 Å². The Bertz CT molecular complexity index is 600. The second kappa shape index (κ2) is 3.99. The Morgan fingerprint density at radius 2 is 2.19 bits per heavy atom. The highest BCUT2D eigenvalue weighted by Gasteiger charge is 2.14. The molecule has 0 unspecified atom stereocenters. The molecule has 0 aliphatic rings. The lowest BCUT2D eigenvalue weighted by atomic mass is 10.1. The van der Waals surface area contributed by atoms with Crippen molar-refractivity contribution in [3.8, 4) is 11.9 Å². The molecule has 0 aliphatic carbocycles. The van der Waals surface area contributed by atoms with Gasteiger partial charge in [-0.25, -0.2) is 4.98 Å². The first-order valence-corrected chi connectivity index (χ1v) is 4.63. The maximum absolute atomic E-state index is 11.0. The molecule has 0 fully saturated rings. The molecule has 1 aromatic carbocycles. The zero-order valence-electron chi connectivity index (χ0n) is 8.60. The van der Waals surface area contributed by atoms with Gasteiger partial charge in [-0.05, 0) is 6.07 Å². The zero-order chi connectivity index (χ0) is 11.5. The van der Waals surface area contributed by atoms with Crippen LogP contribution in [0.3, 0.4) is 0 Å². The first-order chi connectivity index (χ1) is 7.81. The molecular formula is C12H8N2O2. The summed E-state index contributed by atoms with van der Waals surface area (Å²) >= 11 is 0. The van der Waals surface area contributed by atoms with Crippen molar-refractivity contribution in [3.63, 3.8) is 0 Å². The summed E-state index contributed by atoms with van der Waals surface area (Å²) in [7, 11) is 1.42. The van der Waals surface area contributed by atoms with E-state index in [4.69, 9.17) is 10.00 Å². The van der Waals surface area contributed by atoms with E-state index in [-0.39, 0.29) is 11.4 Å². The smallest absolute Gasteiger partial charge is 0.232 e. The van der Waals surface area contributed by atoms with Crippen LogP contribution in [-0.2, 0) is 0 Å². The van der Waals surface area contributed by atoms with Gasteiger partial charge in [-0.2, -0.15) is 5.26 Å². The fraction of sp³-hybridized carbons (Fsp3) is 0.0833. The maximum Gasteiger partial charge on any atom is 0.232 e. The average molecular weight is 212 g/mol. The van der Waals surface area contributed by atoms with Gasteiger partial charge >= 0.3 is 0 Å². The van der Waals surface area contributed by atoms with E-state index in [2.05, 4.69) is 4.98 Å². The van der Waals surface area contributed by atoms with Crippen LogP contribution < -0.4 is 4.74 Å². The number of carbonyl (C=O) groups excluding carboxylic acids is 1. The van der Waals surface area contributed by atoms with Crippen LogP contribution >= 0.6 is 0 Å². The SMILES string of the molecule is COc1nc2ccccc2c(C=O)c1C#N. The van der Waals surface area contributed by atoms with Crippen molar-refractivity contribution in [1.82, 2.24) is 4.98 Å². The van der Waals surface area contributed by atoms with E-state index in [1.807, 2.05) is 12.1 Å². The normalized spacial score (nSPS) is 9.75. The molecule has 0 spiro atoms. The van der Waals surface area contributed by atoms with E-state index in [0.29, 0.717) is 22.8 Å². The molecule has 0 saturated heterocycles. The monoisotopic (exact) mass is 212 g/mol. The van der Waals surface area contributed by atoms with Crippen molar-refractivity contribution >= 4 is 17.2 Å². The molecule has 0 amide bonds. The third-order valence-electron chi connectivity index (χ3n) is 2.32. The lowest BCUT2D eigenvalue weighted by Gasteiger charge is -2.06. The number of fused-ring (bicyclic) bond motifs is 1. The van der Waals surface area contributed by atoms with Crippen molar-refractivity contribution in [2.45, 2.75) is 0 Å². The van der Waals surface area contributed by atoms with Crippen molar-refractivity contribution in [2.75, 3.05) is 7.11 Å². The first kappa shape index (κ1) is 10.1. The number of methoxy groups -OCH3 is 1. The number of hydrogen-bond acceptors (Lipinski definition) is 4. The van der Waals surface area contributed by atoms with Crippen molar-refractivity contribution in [3.05, 3.63) is 35.4 Å². The molecular weight excluding hydrogens is 204 g/mol. The molecule has 78 valence electrons. The largest absolute Gasteiger partial charge is 0.480 e. The van der Waals surface area contributed by atoms with Crippen LogP contribution in [0.4, 0.5) is 0 Å². The number of para-hydroxylation sites is 1. The molecule has 4 nitrogen and oxygen atoms in total. The summed E-state index contributed by atoms with van der Waals surface area (Å²) in [6, 6.07) is 9.08. The molecule has 0 atom stereocenters. The van der Waals surface area contributed by atoms with Crippen LogP contribution in [0.5, 0.6) is 5.88 Å². The third kappa shape index (κ3) is 1.39. The van der Waals surface area contributed by atoms with E-state index in [1.54, 1.807) is 18.2 Å². The summed E-state index contributed by atoms with van der Waals surface area (Å²) in [5.41, 5.74) is 1.14. The Labute approximate surface area is 92.1 Å². The van der Waals surface area contributed by atoms with E-state index in [1.165, 1.54) is 7.11 Å². The Morgan fingerprint density at radius 3 is 2.81 bits per heavy atom. The molecule has 2 aromatic rings. The van der Waals surface area contributed by atoms with Gasteiger partial charge in [-0.1, -0.05) is 18.2 Å². The Kier molecular flexibility index (Phi) is 2.52. The number of nitrogens with zero attached hydrogens (tertiary/aromatic N) is 2. The zero-order valence-corrected chi connectivity index (χ0v) is 8.60. The molecule has 4 heteroatoms. The summed E-state index contributed by atoms with van der Waals surface area (Å²) in [5, 5.41) is 9.65. The fourth-order valence-corrected chi connectivity index (χ4v) is 1.59. The van der Waals surface area contributed by atoms with Crippen LogP contribution in [0.1, 0.15) is 15.9 Å². The van der Waals surface area contributed by atoms with Gasteiger partial charge in [0.15, 0.2) is 6.29 Å². The summed E-state index contributed by atoms with van der Waals surface area (Å²) in [5.74, 6) is 0.184. The maximum atomic E-state index is 11.0. The van der Waals surface area contributed by atoms with Gasteiger partial charge in [0.05, 0.1) is 12.6 Å². The van der Waals surface area contributed by atoms with Crippen molar-refractivity contribution in [1.29, 1.82) is 5.26 Å². The summed E-state index contributed by atoms with van der Waals surface area (Å²) in [4.78, 5) is 15.2. The minimum Gasteiger partial charge on any atom is -0.480 e. The predicted molar refractivity (Wildman–Crippen MR) is 58.4 cm³/mol. The van der Waals surface area contributed by atoms with Gasteiger partial charge in [0, 0.05) is 10.9 Å². The number of aldehydes is 1. The molecule has 16 heavy (non-hydrogen) atoms. The number of hydrogen-bond donors (Lipinski definition) is 0. The van der Waals surface area contributed by atoms with Crippen LogP contribution in [-0.4, -0.2) is 18.4 Å². The minimum atomic E-state index is 0.177. The van der Waals surface area contributed by atoms with Crippen molar-refractivity contribution < 1.29 is 9.53 Å². The van der Waals surface area contributed by atoms with Crippen LogP contribution in [0.15, 0.2) is 24.3 Å². The van der Waals surface area contributed by atoms with E-state index >= 15 is 0 Å². The number of benzene rings is 1. The lowest BCUT2D eigenvalue weighted by molar-refractivity contribution is 0.112. The Hall–Kier alpha value is -2.41. The Morgan fingerprint density at radius 1 is 1.44 bits per heavy atom. The summed E-state index contributed by atoms with van der Waals surface area (Å²) in [6.07, 6.45) is 0.658. The van der Waals surface area contributed by atoms with Crippen LogP contribution in [0.25, 0.3) is 10.9 Å². The van der Waals surface area contributed by atoms with Gasteiger partial charge in [0.2, 0.25) is 5.88 Å². The highest BCUT2D eigenvalue weighted by Crippen LogP contribution is 2.25. The number of nitriles is 1. The van der Waals surface area contributed by atoms with Gasteiger partial charge < -0.3 is 4.74 Å². The number of aromatic nitrogens is 1. The van der Waals surface area contributed by atoms with Gasteiger partial charge in [0.25, 0.3) is 0 Å². The van der Waals surface area contributed by atoms with Crippen molar-refractivity contribution in [2.24, 2.45) is 0 Å². The first-order valence-electron chi connectivity index (χ1n) is 4.63. The third-order valence-corrected chi connectivity index (χ3v) is 2.32. The topological polar surface area (TPSA) is 63.0 Å². The molecule has 1 aromatic heterocycles. The average Bonchev–Trinajstić information content (AvgIpc) is 2.36. The second-order valence-corrected chi connectivity index (χ2v) is 3.16. The Balaban J connectivity index is 2.94. The lowest BCUT2D eigenvalue weighted by Crippen LogP contribution is -1.98. The predicted octanol–water partition coefficient (Wildman–Crippen LogP) is 1.93. The van der Waals surface area contributed by atoms with Gasteiger partial charge in [-0.3, -0.25) is 4.79 Å². The van der Waals surface area contributed by atoms with Gasteiger partial charge in [-0.15, -0.1) is 0 Å². The number of carbonyl (C=O) groups is 1. The second-order valence-electron chi connectivity index (χ2n) is 3.16. The number of ether oxygens (including phenoxy) is 1. The number of rotatable bonds is 2. The van der Waals surface area contributed by atoms with Gasteiger partial charge in [0.1, 0.15) is 11.6 Å². The number of pyridine rings is 1. The standard InChI is InChI=1S/C12H8N2O2/c1-16-12-9(6-13)10(7-15)8-4-2-3-5-11(8)14-12/h2-5,7H,1H3. The highest BCUT2D eigenvalue weighted by atomic mass is 16.5. The molecule has 0 N–H and O–H groups in total. The molecule has 0 radical (unpaired) electrons. The summed E-state index contributed by atoms with van der Waals surface area (Å²) < 4.78 is 4.99. The molecule has 2 rings (SSSR count). The molecule has 1 heterocycles. The summed E-state index contributed by atoms with van der Waals surface area (Å²) in [6.45, 7) is 0. The fourth-order valence-electron chi connectivity index (χ4n) is 1.59. The quantitative estimate of drug-likeness (QED) is 0.713. The van der Waals surface area contributed by atoms with E-state index < -0.39 is 0 Å². The van der Waals surface area contributed by atoms with E-state index in [9.17, 15) is 4.79 Å². The molecule has 0 bridgehead atoms. The highest BCUT2D eigenvalue weighted by molar-refractivity contribution is 5.99. The van der Waals surface area contributed by atoms with Crippen LogP contribution in [0, 0.1) is 11.3 Å². The molecule has 0 aliphatic heterocycles.